The highest BCUT2D eigenvalue weighted by Crippen LogP contribution is 2.24. The summed E-state index contributed by atoms with van der Waals surface area (Å²) >= 11 is 0. The number of benzene rings is 2. The lowest BCUT2D eigenvalue weighted by Crippen LogP contribution is -2.09. The highest BCUT2D eigenvalue weighted by molar-refractivity contribution is 6.27. The van der Waals surface area contributed by atoms with Crippen molar-refractivity contribution in [2.24, 2.45) is 7.05 Å². The van der Waals surface area contributed by atoms with Gasteiger partial charge in [-0.05, 0) is 43.5 Å². The number of anilines is 1. The topological polar surface area (TPSA) is 104 Å². The van der Waals surface area contributed by atoms with Crippen LogP contribution >= 0.6 is 0 Å². The first-order chi connectivity index (χ1) is 13.7. The molecular weight excluding hydrogens is 370 g/mol. The minimum atomic E-state index is -1.82. The van der Waals surface area contributed by atoms with Crippen LogP contribution in [0.15, 0.2) is 48.7 Å². The molecule has 3 aromatic rings. The van der Waals surface area contributed by atoms with Gasteiger partial charge in [0.2, 0.25) is 5.95 Å². The summed E-state index contributed by atoms with van der Waals surface area (Å²) in [6.45, 7) is 7.17. The van der Waals surface area contributed by atoms with Gasteiger partial charge >= 0.3 is 11.9 Å². The Morgan fingerprint density at radius 1 is 1.00 bits per heavy atom. The van der Waals surface area contributed by atoms with Crippen molar-refractivity contribution in [3.05, 3.63) is 70.9 Å². The van der Waals surface area contributed by atoms with Gasteiger partial charge in [-0.1, -0.05) is 42.0 Å². The van der Waals surface area contributed by atoms with Crippen molar-refractivity contribution in [3.8, 4) is 11.3 Å². The zero-order valence-corrected chi connectivity index (χ0v) is 16.9. The number of nitrogens with zero attached hydrogens (tertiary/aromatic N) is 2. The van der Waals surface area contributed by atoms with Crippen LogP contribution in [0.25, 0.3) is 11.3 Å². The lowest BCUT2D eigenvalue weighted by Gasteiger charge is -2.10. The van der Waals surface area contributed by atoms with Crippen LogP contribution in [-0.2, 0) is 23.2 Å². The Hall–Kier alpha value is -3.61. The number of hydrogen-bond acceptors (Lipinski definition) is 4. The largest absolute Gasteiger partial charge is 0.473 e. The maximum atomic E-state index is 9.10. The number of aliphatic carboxylic acids is 2. The van der Waals surface area contributed by atoms with Crippen LogP contribution in [0.3, 0.4) is 0 Å². The molecule has 3 N–H and O–H groups in total. The van der Waals surface area contributed by atoms with Crippen molar-refractivity contribution in [2.45, 2.75) is 27.3 Å². The van der Waals surface area contributed by atoms with E-state index in [4.69, 9.17) is 19.8 Å². The third-order valence-electron chi connectivity index (χ3n) is 4.51. The van der Waals surface area contributed by atoms with Crippen molar-refractivity contribution >= 4 is 17.9 Å². The second kappa shape index (κ2) is 9.54. The van der Waals surface area contributed by atoms with Crippen LogP contribution in [0.5, 0.6) is 0 Å². The standard InChI is InChI=1S/C20H23N3.C2H2O4/c1-14-6-5-7-17(10-14)12-21-20-22-13-19(23(20)4)18-9-8-15(2)16(3)11-18;3-1(4)2(5)6/h5-11,13H,12H2,1-4H3,(H,21,22);(H,3,4)(H,5,6). The number of aromatic nitrogens is 2. The van der Waals surface area contributed by atoms with Gasteiger partial charge in [0.05, 0.1) is 11.9 Å². The van der Waals surface area contributed by atoms with Crippen molar-refractivity contribution in [3.63, 3.8) is 0 Å². The molecule has 0 amide bonds. The molecule has 3 rings (SSSR count). The normalized spacial score (nSPS) is 10.1. The van der Waals surface area contributed by atoms with E-state index in [0.717, 1.165) is 18.2 Å². The Morgan fingerprint density at radius 2 is 1.69 bits per heavy atom. The van der Waals surface area contributed by atoms with E-state index in [1.165, 1.54) is 27.8 Å². The van der Waals surface area contributed by atoms with Crippen LogP contribution < -0.4 is 5.32 Å². The van der Waals surface area contributed by atoms with Gasteiger partial charge < -0.3 is 20.1 Å². The van der Waals surface area contributed by atoms with Crippen LogP contribution in [0.1, 0.15) is 22.3 Å². The number of nitrogens with one attached hydrogen (secondary N) is 1. The SMILES string of the molecule is Cc1cccc(CNc2ncc(-c3ccc(C)c(C)c3)n2C)c1.O=C(O)C(=O)O. The first-order valence-corrected chi connectivity index (χ1v) is 9.04. The van der Waals surface area contributed by atoms with Gasteiger partial charge in [0.25, 0.3) is 0 Å². The predicted molar refractivity (Wildman–Crippen MR) is 112 cm³/mol. The summed E-state index contributed by atoms with van der Waals surface area (Å²) in [5.74, 6) is -2.76. The Kier molecular flexibility index (Phi) is 7.14. The minimum absolute atomic E-state index is 0.777. The molecule has 0 saturated heterocycles. The summed E-state index contributed by atoms with van der Waals surface area (Å²) in [7, 11) is 2.05. The van der Waals surface area contributed by atoms with Crippen LogP contribution in [0.4, 0.5) is 5.95 Å². The molecule has 0 aliphatic heterocycles. The fourth-order valence-corrected chi connectivity index (χ4v) is 2.75. The maximum Gasteiger partial charge on any atom is 0.414 e. The molecule has 2 aromatic carbocycles. The third kappa shape index (κ3) is 5.93. The van der Waals surface area contributed by atoms with Gasteiger partial charge in [-0.2, -0.15) is 0 Å². The van der Waals surface area contributed by atoms with Crippen molar-refractivity contribution < 1.29 is 19.8 Å². The molecule has 0 bridgehead atoms. The Bertz CT molecular complexity index is 1010. The van der Waals surface area contributed by atoms with E-state index in [1.807, 2.05) is 6.20 Å². The van der Waals surface area contributed by atoms with E-state index < -0.39 is 11.9 Å². The van der Waals surface area contributed by atoms with Gasteiger partial charge in [0.15, 0.2) is 0 Å². The molecular formula is C22H25N3O4. The number of carbonyl (C=O) groups is 2. The van der Waals surface area contributed by atoms with E-state index in [2.05, 4.69) is 85.2 Å². The quantitative estimate of drug-likeness (QED) is 0.581. The molecule has 29 heavy (non-hydrogen) atoms. The summed E-state index contributed by atoms with van der Waals surface area (Å²) in [4.78, 5) is 22.7. The minimum Gasteiger partial charge on any atom is -0.473 e. The van der Waals surface area contributed by atoms with E-state index in [1.54, 1.807) is 0 Å². The Balaban J connectivity index is 0.000000438. The molecule has 7 nitrogen and oxygen atoms in total. The fourth-order valence-electron chi connectivity index (χ4n) is 2.75. The maximum absolute atomic E-state index is 9.10. The second-order valence-corrected chi connectivity index (χ2v) is 6.78. The predicted octanol–water partition coefficient (Wildman–Crippen LogP) is 3.78. The monoisotopic (exact) mass is 395 g/mol. The van der Waals surface area contributed by atoms with Crippen LogP contribution in [-0.4, -0.2) is 31.7 Å². The first-order valence-electron chi connectivity index (χ1n) is 9.04. The molecule has 0 aliphatic rings. The molecule has 0 unspecified atom stereocenters. The smallest absolute Gasteiger partial charge is 0.414 e. The molecule has 0 atom stereocenters. The van der Waals surface area contributed by atoms with Crippen LogP contribution in [0, 0.1) is 20.8 Å². The molecule has 7 heteroatoms. The summed E-state index contributed by atoms with van der Waals surface area (Å²) < 4.78 is 2.11. The summed E-state index contributed by atoms with van der Waals surface area (Å²) in [6.07, 6.45) is 1.93. The number of carboxylic acids is 2. The summed E-state index contributed by atoms with van der Waals surface area (Å²) in [6, 6.07) is 15.1. The summed E-state index contributed by atoms with van der Waals surface area (Å²) in [5.41, 5.74) is 7.49. The number of carboxylic acid groups (broad SMARTS) is 2. The van der Waals surface area contributed by atoms with Gasteiger partial charge in [-0.25, -0.2) is 14.6 Å². The number of imidazole rings is 1. The lowest BCUT2D eigenvalue weighted by atomic mass is 10.0. The first kappa shape index (κ1) is 21.7. The molecule has 1 heterocycles. The fraction of sp³-hybridized carbons (Fsp3) is 0.227. The Morgan fingerprint density at radius 3 is 2.28 bits per heavy atom. The Labute approximate surface area is 169 Å². The van der Waals surface area contributed by atoms with E-state index >= 15 is 0 Å². The highest BCUT2D eigenvalue weighted by atomic mass is 16.4. The molecule has 152 valence electrons. The number of rotatable bonds is 4. The zero-order chi connectivity index (χ0) is 21.6. The number of aryl methyl sites for hydroxylation is 3. The van der Waals surface area contributed by atoms with Crippen molar-refractivity contribution in [1.29, 1.82) is 0 Å². The average Bonchev–Trinajstić information content (AvgIpc) is 3.03. The lowest BCUT2D eigenvalue weighted by molar-refractivity contribution is -0.159. The molecule has 0 radical (unpaired) electrons. The van der Waals surface area contributed by atoms with Gasteiger partial charge in [-0.15, -0.1) is 0 Å². The second-order valence-electron chi connectivity index (χ2n) is 6.78. The summed E-state index contributed by atoms with van der Waals surface area (Å²) in [5, 5.41) is 18.2. The van der Waals surface area contributed by atoms with Gasteiger partial charge in [0, 0.05) is 19.2 Å². The van der Waals surface area contributed by atoms with Crippen molar-refractivity contribution in [2.75, 3.05) is 5.32 Å². The number of hydrogen-bond donors (Lipinski definition) is 3. The van der Waals surface area contributed by atoms with E-state index in [0.29, 0.717) is 0 Å². The van der Waals surface area contributed by atoms with Gasteiger partial charge in [-0.3, -0.25) is 0 Å². The average molecular weight is 395 g/mol. The van der Waals surface area contributed by atoms with Crippen molar-refractivity contribution in [1.82, 2.24) is 9.55 Å². The molecule has 0 aliphatic carbocycles. The van der Waals surface area contributed by atoms with E-state index in [9.17, 15) is 0 Å². The zero-order valence-electron chi connectivity index (χ0n) is 16.9. The van der Waals surface area contributed by atoms with E-state index in [-0.39, 0.29) is 0 Å². The molecule has 0 saturated carbocycles. The molecule has 0 spiro atoms. The highest BCUT2D eigenvalue weighted by Gasteiger charge is 2.09. The molecule has 1 aromatic heterocycles. The van der Waals surface area contributed by atoms with Gasteiger partial charge in [0.1, 0.15) is 0 Å². The third-order valence-corrected chi connectivity index (χ3v) is 4.51. The molecule has 0 fully saturated rings. The van der Waals surface area contributed by atoms with Crippen LogP contribution in [0.2, 0.25) is 0 Å².